The number of nitro benzene ring substituents is 1. The average Bonchev–Trinajstić information content (AvgIpc) is 3.57. The van der Waals surface area contributed by atoms with Crippen LogP contribution < -0.4 is 20.1 Å². The van der Waals surface area contributed by atoms with Crippen LogP contribution in [-0.4, -0.2) is 30.5 Å². The van der Waals surface area contributed by atoms with Crippen LogP contribution >= 0.6 is 0 Å². The zero-order chi connectivity index (χ0) is 21.7. The second-order valence-electron chi connectivity index (χ2n) is 6.86. The summed E-state index contributed by atoms with van der Waals surface area (Å²) in [4.78, 5) is 35.4. The van der Waals surface area contributed by atoms with Crippen molar-refractivity contribution < 1.29 is 24.0 Å². The molecule has 30 heavy (non-hydrogen) atoms. The minimum absolute atomic E-state index is 0.00602. The van der Waals surface area contributed by atoms with Crippen LogP contribution in [0.4, 0.5) is 11.4 Å². The molecule has 1 aliphatic rings. The quantitative estimate of drug-likeness (QED) is 0.481. The number of ether oxygens (including phenoxy) is 2. The standard InChI is InChI=1S/C21H23N3O6/c1-3-30-19-10-16(17(24(27)28)11-18(19)29-2)21(26)22-12-13-5-4-6-15(9-13)23-20(25)14-7-8-14/h4-6,9-11,14H,3,7-8,12H2,1-2H3,(H,22,26)(H,23,25). The molecule has 0 unspecified atom stereocenters. The maximum atomic E-state index is 12.7. The largest absolute Gasteiger partial charge is 0.493 e. The van der Waals surface area contributed by atoms with Gasteiger partial charge in [0.1, 0.15) is 5.56 Å². The molecule has 0 radical (unpaired) electrons. The van der Waals surface area contributed by atoms with E-state index in [2.05, 4.69) is 10.6 Å². The number of carbonyl (C=O) groups is 2. The Labute approximate surface area is 173 Å². The van der Waals surface area contributed by atoms with Crippen molar-refractivity contribution in [2.45, 2.75) is 26.3 Å². The Morgan fingerprint density at radius 1 is 1.20 bits per heavy atom. The van der Waals surface area contributed by atoms with Crippen LogP contribution in [0.3, 0.4) is 0 Å². The molecule has 0 heterocycles. The summed E-state index contributed by atoms with van der Waals surface area (Å²) in [5.41, 5.74) is 0.895. The molecule has 2 aromatic rings. The summed E-state index contributed by atoms with van der Waals surface area (Å²) in [6, 6.07) is 9.58. The summed E-state index contributed by atoms with van der Waals surface area (Å²) in [5, 5.41) is 17.0. The molecule has 158 valence electrons. The van der Waals surface area contributed by atoms with Gasteiger partial charge < -0.3 is 20.1 Å². The molecular formula is C21H23N3O6. The Morgan fingerprint density at radius 2 is 1.97 bits per heavy atom. The summed E-state index contributed by atoms with van der Waals surface area (Å²) in [5.74, 6) is -0.102. The summed E-state index contributed by atoms with van der Waals surface area (Å²) >= 11 is 0. The van der Waals surface area contributed by atoms with E-state index in [-0.39, 0.29) is 41.1 Å². The van der Waals surface area contributed by atoms with Gasteiger partial charge in [0, 0.05) is 24.2 Å². The van der Waals surface area contributed by atoms with Crippen LogP contribution in [0, 0.1) is 16.0 Å². The second-order valence-corrected chi connectivity index (χ2v) is 6.86. The van der Waals surface area contributed by atoms with Crippen molar-refractivity contribution in [3.8, 4) is 11.5 Å². The third-order valence-corrected chi connectivity index (χ3v) is 4.62. The molecule has 0 aliphatic heterocycles. The van der Waals surface area contributed by atoms with Crippen molar-refractivity contribution in [2.24, 2.45) is 5.92 Å². The van der Waals surface area contributed by atoms with Crippen LogP contribution in [0.5, 0.6) is 11.5 Å². The van der Waals surface area contributed by atoms with Gasteiger partial charge in [-0.1, -0.05) is 12.1 Å². The highest BCUT2D eigenvalue weighted by Gasteiger charge is 2.29. The van der Waals surface area contributed by atoms with E-state index in [0.717, 1.165) is 18.4 Å². The molecule has 9 nitrogen and oxygen atoms in total. The Hall–Kier alpha value is -3.62. The molecule has 0 atom stereocenters. The number of anilines is 1. The first-order chi connectivity index (χ1) is 14.4. The number of benzene rings is 2. The first-order valence-electron chi connectivity index (χ1n) is 9.60. The van der Waals surface area contributed by atoms with Crippen LogP contribution in [0.1, 0.15) is 35.7 Å². The highest BCUT2D eigenvalue weighted by atomic mass is 16.6. The van der Waals surface area contributed by atoms with Gasteiger partial charge >= 0.3 is 0 Å². The molecule has 3 rings (SSSR count). The van der Waals surface area contributed by atoms with Gasteiger partial charge in [-0.15, -0.1) is 0 Å². The lowest BCUT2D eigenvalue weighted by molar-refractivity contribution is -0.385. The summed E-state index contributed by atoms with van der Waals surface area (Å²) < 4.78 is 10.5. The van der Waals surface area contributed by atoms with Crippen molar-refractivity contribution >= 4 is 23.2 Å². The lowest BCUT2D eigenvalue weighted by atomic mass is 10.1. The van der Waals surface area contributed by atoms with E-state index in [9.17, 15) is 19.7 Å². The van der Waals surface area contributed by atoms with Crippen molar-refractivity contribution in [3.63, 3.8) is 0 Å². The SMILES string of the molecule is CCOc1cc(C(=O)NCc2cccc(NC(=O)C3CC3)c2)c([N+](=O)[O-])cc1OC. The third kappa shape index (κ3) is 5.05. The maximum Gasteiger partial charge on any atom is 0.286 e. The number of nitro groups is 1. The molecular weight excluding hydrogens is 390 g/mol. The second kappa shape index (κ2) is 9.25. The van der Waals surface area contributed by atoms with E-state index in [1.54, 1.807) is 31.2 Å². The molecule has 1 aliphatic carbocycles. The zero-order valence-electron chi connectivity index (χ0n) is 16.8. The van der Waals surface area contributed by atoms with Gasteiger partial charge in [-0.3, -0.25) is 19.7 Å². The Balaban J connectivity index is 1.74. The molecule has 0 spiro atoms. The predicted octanol–water partition coefficient (Wildman–Crippen LogP) is 3.28. The van der Waals surface area contributed by atoms with Crippen molar-refractivity contribution in [2.75, 3.05) is 19.0 Å². The van der Waals surface area contributed by atoms with Crippen molar-refractivity contribution in [1.82, 2.24) is 5.32 Å². The topological polar surface area (TPSA) is 120 Å². The average molecular weight is 413 g/mol. The fourth-order valence-electron chi connectivity index (χ4n) is 2.94. The molecule has 9 heteroatoms. The number of rotatable bonds is 9. The lowest BCUT2D eigenvalue weighted by Gasteiger charge is -2.12. The van der Waals surface area contributed by atoms with Gasteiger partial charge in [-0.25, -0.2) is 0 Å². The van der Waals surface area contributed by atoms with Crippen molar-refractivity contribution in [1.29, 1.82) is 0 Å². The number of carbonyl (C=O) groups excluding carboxylic acids is 2. The first kappa shape index (κ1) is 21.1. The Morgan fingerprint density at radius 3 is 2.60 bits per heavy atom. The highest BCUT2D eigenvalue weighted by molar-refractivity contribution is 5.99. The van der Waals surface area contributed by atoms with Gasteiger partial charge in [0.25, 0.3) is 11.6 Å². The van der Waals surface area contributed by atoms with Crippen LogP contribution in [0.25, 0.3) is 0 Å². The first-order valence-corrected chi connectivity index (χ1v) is 9.60. The van der Waals surface area contributed by atoms with E-state index in [4.69, 9.17) is 9.47 Å². The van der Waals surface area contributed by atoms with Crippen molar-refractivity contribution in [3.05, 3.63) is 57.6 Å². The van der Waals surface area contributed by atoms with Gasteiger partial charge in [0.2, 0.25) is 5.91 Å². The molecule has 0 aromatic heterocycles. The van der Waals surface area contributed by atoms with E-state index < -0.39 is 10.8 Å². The minimum atomic E-state index is -0.638. The van der Waals surface area contributed by atoms with Gasteiger partial charge in [0.05, 0.1) is 24.7 Å². The van der Waals surface area contributed by atoms with Crippen LogP contribution in [0.15, 0.2) is 36.4 Å². The van der Waals surface area contributed by atoms with Gasteiger partial charge in [-0.05, 0) is 37.5 Å². The van der Waals surface area contributed by atoms with E-state index in [1.807, 2.05) is 0 Å². The Kier molecular flexibility index (Phi) is 6.51. The predicted molar refractivity (Wildman–Crippen MR) is 110 cm³/mol. The molecule has 1 fully saturated rings. The molecule has 2 N–H and O–H groups in total. The number of hydrogen-bond donors (Lipinski definition) is 2. The maximum absolute atomic E-state index is 12.7. The van der Waals surface area contributed by atoms with Crippen LogP contribution in [0.2, 0.25) is 0 Å². The molecule has 0 bridgehead atoms. The van der Waals surface area contributed by atoms with E-state index in [1.165, 1.54) is 19.2 Å². The molecule has 2 amide bonds. The van der Waals surface area contributed by atoms with Crippen LogP contribution in [-0.2, 0) is 11.3 Å². The third-order valence-electron chi connectivity index (χ3n) is 4.62. The normalized spacial score (nSPS) is 12.7. The number of nitrogens with one attached hydrogen (secondary N) is 2. The minimum Gasteiger partial charge on any atom is -0.493 e. The Bertz CT molecular complexity index is 971. The lowest BCUT2D eigenvalue weighted by Crippen LogP contribution is -2.24. The zero-order valence-corrected chi connectivity index (χ0v) is 16.8. The number of amides is 2. The molecule has 0 saturated heterocycles. The summed E-state index contributed by atoms with van der Waals surface area (Å²) in [7, 11) is 1.37. The van der Waals surface area contributed by atoms with E-state index >= 15 is 0 Å². The van der Waals surface area contributed by atoms with Gasteiger partial charge in [0.15, 0.2) is 11.5 Å². The number of nitrogens with zero attached hydrogens (tertiary/aromatic N) is 1. The van der Waals surface area contributed by atoms with E-state index in [0.29, 0.717) is 12.3 Å². The molecule has 1 saturated carbocycles. The fraction of sp³-hybridized carbons (Fsp3) is 0.333. The summed E-state index contributed by atoms with van der Waals surface area (Å²) in [6.45, 7) is 2.21. The number of hydrogen-bond acceptors (Lipinski definition) is 6. The fourth-order valence-corrected chi connectivity index (χ4v) is 2.94. The summed E-state index contributed by atoms with van der Waals surface area (Å²) in [6.07, 6.45) is 1.82. The number of methoxy groups -OCH3 is 1. The monoisotopic (exact) mass is 413 g/mol. The molecule has 2 aromatic carbocycles. The van der Waals surface area contributed by atoms with Gasteiger partial charge in [-0.2, -0.15) is 0 Å². The smallest absolute Gasteiger partial charge is 0.286 e. The highest BCUT2D eigenvalue weighted by Crippen LogP contribution is 2.35.